The topological polar surface area (TPSA) is 21.6 Å². The van der Waals surface area contributed by atoms with E-state index in [1.807, 2.05) is 18.2 Å². The number of hydrogen-bond acceptors (Lipinski definition) is 2. The summed E-state index contributed by atoms with van der Waals surface area (Å²) in [5.74, 6) is -3.16. The highest BCUT2D eigenvalue weighted by atomic mass is 19.4. The molecule has 0 N–H and O–H groups in total. The van der Waals surface area contributed by atoms with Gasteiger partial charge in [-0.2, -0.15) is 13.2 Å². The molecule has 0 aromatic heterocycles. The van der Waals surface area contributed by atoms with Crippen LogP contribution in [0.2, 0.25) is 0 Å². The number of benzene rings is 3. The van der Waals surface area contributed by atoms with E-state index in [4.69, 9.17) is 4.74 Å². The van der Waals surface area contributed by atoms with Crippen molar-refractivity contribution < 1.29 is 31.1 Å². The molecule has 0 saturated heterocycles. The van der Waals surface area contributed by atoms with Crippen LogP contribution in [0.3, 0.4) is 0 Å². The maximum atomic E-state index is 14.3. The van der Waals surface area contributed by atoms with Crippen LogP contribution in [0.4, 0.5) is 26.3 Å². The summed E-state index contributed by atoms with van der Waals surface area (Å²) in [6, 6.07) is 13.2. The number of hydrogen-bond donors (Lipinski definition) is 0. The van der Waals surface area contributed by atoms with Gasteiger partial charge in [0, 0.05) is 17.7 Å². The molecule has 1 aliphatic rings. The van der Waals surface area contributed by atoms with Crippen molar-refractivity contribution in [3.8, 4) is 16.9 Å². The van der Waals surface area contributed by atoms with Crippen LogP contribution in [0, 0.1) is 17.5 Å². The van der Waals surface area contributed by atoms with Gasteiger partial charge in [-0.3, -0.25) is 4.99 Å². The molecule has 4 rings (SSSR count). The van der Waals surface area contributed by atoms with Gasteiger partial charge in [0.25, 0.3) is 0 Å². The summed E-state index contributed by atoms with van der Waals surface area (Å²) in [6.45, 7) is 0.786. The molecule has 3 aromatic rings. The van der Waals surface area contributed by atoms with Crippen LogP contribution >= 0.6 is 0 Å². The average molecular weight is 463 g/mol. The van der Waals surface area contributed by atoms with Gasteiger partial charge in [-0.1, -0.05) is 31.2 Å². The second-order valence-electron chi connectivity index (χ2n) is 8.23. The van der Waals surface area contributed by atoms with Crippen LogP contribution in [-0.2, 0) is 18.4 Å². The van der Waals surface area contributed by atoms with Crippen LogP contribution in [0.1, 0.15) is 23.6 Å². The summed E-state index contributed by atoms with van der Waals surface area (Å²) in [4.78, 5) is 4.34. The lowest BCUT2D eigenvalue weighted by Gasteiger charge is -2.32. The molecule has 2 nitrogen and oxygen atoms in total. The van der Waals surface area contributed by atoms with Gasteiger partial charge < -0.3 is 4.74 Å². The number of alkyl halides is 3. The van der Waals surface area contributed by atoms with Gasteiger partial charge in [0.05, 0.1) is 6.54 Å². The van der Waals surface area contributed by atoms with E-state index < -0.39 is 35.6 Å². The van der Waals surface area contributed by atoms with Crippen LogP contribution in [-0.4, -0.2) is 19.0 Å². The highest BCUT2D eigenvalue weighted by Gasteiger charge is 2.32. The van der Waals surface area contributed by atoms with Crippen molar-refractivity contribution >= 4 is 6.21 Å². The molecule has 0 spiro atoms. The Balaban J connectivity index is 1.69. The molecule has 33 heavy (non-hydrogen) atoms. The Kier molecular flexibility index (Phi) is 5.95. The predicted molar refractivity (Wildman–Crippen MR) is 113 cm³/mol. The molecule has 0 bridgehead atoms. The lowest BCUT2D eigenvalue weighted by Crippen LogP contribution is -2.31. The fourth-order valence-corrected chi connectivity index (χ4v) is 4.05. The number of fused-ring (bicyclic) bond motifs is 1. The highest BCUT2D eigenvalue weighted by Crippen LogP contribution is 2.37. The zero-order valence-electron chi connectivity index (χ0n) is 17.5. The smallest absolute Gasteiger partial charge is 0.422 e. The summed E-state index contributed by atoms with van der Waals surface area (Å²) in [6.07, 6.45) is -2.83. The Labute approximate surface area is 186 Å². The van der Waals surface area contributed by atoms with Crippen molar-refractivity contribution in [2.45, 2.75) is 31.5 Å². The largest absolute Gasteiger partial charge is 0.484 e. The monoisotopic (exact) mass is 463 g/mol. The molecule has 8 heteroatoms. The first kappa shape index (κ1) is 22.9. The number of rotatable bonds is 5. The van der Waals surface area contributed by atoms with Crippen molar-refractivity contribution in [3.63, 3.8) is 0 Å². The Hall–Kier alpha value is -3.29. The summed E-state index contributed by atoms with van der Waals surface area (Å²) < 4.78 is 84.1. The van der Waals surface area contributed by atoms with E-state index in [1.54, 1.807) is 25.3 Å². The first-order valence-corrected chi connectivity index (χ1v) is 10.1. The predicted octanol–water partition coefficient (Wildman–Crippen LogP) is 6.80. The molecular formula is C25H19F6NO. The first-order valence-electron chi connectivity index (χ1n) is 10.1. The van der Waals surface area contributed by atoms with Gasteiger partial charge in [0.15, 0.2) is 18.2 Å². The molecule has 1 aliphatic heterocycles. The summed E-state index contributed by atoms with van der Waals surface area (Å²) in [5.41, 5.74) is 2.03. The third-order valence-electron chi connectivity index (χ3n) is 5.56. The lowest BCUT2D eigenvalue weighted by molar-refractivity contribution is -0.153. The fraction of sp³-hybridized carbons (Fsp3) is 0.240. The zero-order valence-corrected chi connectivity index (χ0v) is 17.5. The van der Waals surface area contributed by atoms with Gasteiger partial charge in [-0.15, -0.1) is 0 Å². The van der Waals surface area contributed by atoms with Crippen LogP contribution in [0.15, 0.2) is 59.6 Å². The van der Waals surface area contributed by atoms with E-state index in [1.165, 1.54) is 12.1 Å². The number of nitrogens with zero attached hydrogens (tertiary/aromatic N) is 1. The maximum Gasteiger partial charge on any atom is 0.422 e. The average Bonchev–Trinajstić information content (AvgIpc) is 2.75. The van der Waals surface area contributed by atoms with Crippen LogP contribution in [0.5, 0.6) is 5.75 Å². The fourth-order valence-electron chi connectivity index (χ4n) is 4.05. The summed E-state index contributed by atoms with van der Waals surface area (Å²) in [5, 5.41) is 0. The molecule has 172 valence electrons. The number of ether oxygens (including phenoxy) is 1. The maximum absolute atomic E-state index is 14.3. The molecule has 0 amide bonds. The van der Waals surface area contributed by atoms with Crippen molar-refractivity contribution in [1.29, 1.82) is 0 Å². The van der Waals surface area contributed by atoms with E-state index >= 15 is 0 Å². The van der Waals surface area contributed by atoms with Crippen molar-refractivity contribution in [1.82, 2.24) is 0 Å². The Morgan fingerprint density at radius 2 is 1.73 bits per heavy atom. The molecule has 0 saturated carbocycles. The van der Waals surface area contributed by atoms with Gasteiger partial charge in [-0.25, -0.2) is 13.2 Å². The Morgan fingerprint density at radius 3 is 2.48 bits per heavy atom. The minimum atomic E-state index is -4.45. The Bertz CT molecular complexity index is 1220. The molecule has 0 fully saturated rings. The van der Waals surface area contributed by atoms with E-state index in [-0.39, 0.29) is 17.7 Å². The molecule has 1 atom stereocenters. The van der Waals surface area contributed by atoms with Crippen LogP contribution in [0.25, 0.3) is 11.1 Å². The quantitative estimate of drug-likeness (QED) is 0.301. The SMILES string of the molecule is CC1(Cc2cc(F)cc(F)c2F)C=NCc2ccc(-c3cccc(OCC(F)(F)F)c3)cc21. The molecular weight excluding hydrogens is 444 g/mol. The second-order valence-corrected chi connectivity index (χ2v) is 8.23. The van der Waals surface area contributed by atoms with E-state index in [0.29, 0.717) is 23.7 Å². The minimum absolute atomic E-state index is 0.0256. The molecule has 0 aliphatic carbocycles. The van der Waals surface area contributed by atoms with Gasteiger partial charge >= 0.3 is 6.18 Å². The van der Waals surface area contributed by atoms with Gasteiger partial charge in [0.2, 0.25) is 0 Å². The van der Waals surface area contributed by atoms with Crippen molar-refractivity contribution in [2.24, 2.45) is 4.99 Å². The standard InChI is InChI=1S/C25H19F6NO/c1-24(11-18-7-19(26)10-22(27)23(18)28)13-32-12-17-6-5-16(9-21(17)24)15-3-2-4-20(8-15)33-14-25(29,30)31/h2-10,13H,11-12,14H2,1H3. The third-order valence-corrected chi connectivity index (χ3v) is 5.56. The summed E-state index contributed by atoms with van der Waals surface area (Å²) in [7, 11) is 0. The molecule has 1 heterocycles. The molecule has 0 radical (unpaired) electrons. The number of halogens is 6. The van der Waals surface area contributed by atoms with Gasteiger partial charge in [-0.05, 0) is 58.5 Å². The normalized spacial score (nSPS) is 17.7. The molecule has 1 unspecified atom stereocenters. The third kappa shape index (κ3) is 5.05. The summed E-state index contributed by atoms with van der Waals surface area (Å²) >= 11 is 0. The molecule has 3 aromatic carbocycles. The number of aliphatic imine (C=N–C) groups is 1. The zero-order chi connectivity index (χ0) is 23.8. The van der Waals surface area contributed by atoms with Crippen LogP contribution < -0.4 is 4.74 Å². The van der Waals surface area contributed by atoms with E-state index in [0.717, 1.165) is 17.2 Å². The second kappa shape index (κ2) is 8.57. The lowest BCUT2D eigenvalue weighted by atomic mass is 9.74. The Morgan fingerprint density at radius 1 is 0.970 bits per heavy atom. The van der Waals surface area contributed by atoms with Gasteiger partial charge in [0.1, 0.15) is 11.6 Å². The first-order chi connectivity index (χ1) is 15.5. The minimum Gasteiger partial charge on any atom is -0.484 e. The van der Waals surface area contributed by atoms with E-state index in [2.05, 4.69) is 4.99 Å². The van der Waals surface area contributed by atoms with E-state index in [9.17, 15) is 26.3 Å². The van der Waals surface area contributed by atoms with Crippen molar-refractivity contribution in [3.05, 3.63) is 88.7 Å². The highest BCUT2D eigenvalue weighted by molar-refractivity contribution is 5.78. The van der Waals surface area contributed by atoms with Crippen molar-refractivity contribution in [2.75, 3.05) is 6.61 Å².